The van der Waals surface area contributed by atoms with Gasteiger partial charge in [-0.3, -0.25) is 14.6 Å². The van der Waals surface area contributed by atoms with Crippen molar-refractivity contribution in [2.75, 3.05) is 19.6 Å². The number of carbonyl (C=O) groups is 3. The second-order valence-corrected chi connectivity index (χ2v) is 10.7. The van der Waals surface area contributed by atoms with Crippen LogP contribution in [0.3, 0.4) is 0 Å². The van der Waals surface area contributed by atoms with Crippen molar-refractivity contribution in [2.45, 2.75) is 63.1 Å². The zero-order valence-corrected chi connectivity index (χ0v) is 22.2. The molecule has 3 aliphatic rings. The van der Waals surface area contributed by atoms with Gasteiger partial charge >= 0.3 is 5.97 Å². The van der Waals surface area contributed by atoms with Crippen LogP contribution in [0.25, 0.3) is 11.0 Å². The first-order valence-corrected chi connectivity index (χ1v) is 13.3. The summed E-state index contributed by atoms with van der Waals surface area (Å²) in [5.41, 5.74) is 2.34. The summed E-state index contributed by atoms with van der Waals surface area (Å²) in [4.78, 5) is 39.9. The van der Waals surface area contributed by atoms with Crippen LogP contribution in [-0.4, -0.2) is 104 Å². The SMILES string of the molecule is CC1C([C@H](C)O)N=NN1C[C@H](NC(=O)C1C(O)CC2=C(CCN(C(=O)c3ccc4ccoc4c3)C2)[C@H]1O)C(=O)O. The van der Waals surface area contributed by atoms with Gasteiger partial charge in [0, 0.05) is 24.0 Å². The van der Waals surface area contributed by atoms with Crippen LogP contribution in [0.15, 0.2) is 56.4 Å². The van der Waals surface area contributed by atoms with Gasteiger partial charge in [0.25, 0.3) is 5.91 Å². The Labute approximate surface area is 229 Å². The predicted molar refractivity (Wildman–Crippen MR) is 140 cm³/mol. The van der Waals surface area contributed by atoms with Crippen molar-refractivity contribution in [3.63, 3.8) is 0 Å². The molecule has 7 atom stereocenters. The number of furan rings is 1. The third-order valence-electron chi connectivity index (χ3n) is 8.09. The molecule has 0 radical (unpaired) electrons. The molecule has 13 heteroatoms. The van der Waals surface area contributed by atoms with E-state index in [1.54, 1.807) is 43.2 Å². The first-order valence-electron chi connectivity index (χ1n) is 13.3. The van der Waals surface area contributed by atoms with Gasteiger partial charge in [-0.15, -0.1) is 0 Å². The number of hydrogen-bond donors (Lipinski definition) is 5. The van der Waals surface area contributed by atoms with E-state index in [9.17, 15) is 34.8 Å². The molecule has 2 amide bonds. The van der Waals surface area contributed by atoms with E-state index in [0.29, 0.717) is 35.3 Å². The Morgan fingerprint density at radius 3 is 2.70 bits per heavy atom. The van der Waals surface area contributed by atoms with Gasteiger partial charge in [0.2, 0.25) is 5.91 Å². The standard InChI is InChI=1S/C27H33N5O8/c1-13-23(14(2)33)29-30-32(13)12-19(27(38)39)28-25(36)22-20(34)9-17-11-31(7-5-18(17)24(22)35)26(37)16-4-3-15-6-8-40-21(15)10-16/h3-4,6,8,10,13-14,19-20,22-24,33-35H,5,7,9,11-12H2,1-2H3,(H,28,36)(H,38,39)/t13?,14-,19-,20?,22?,23?,24+/m0/s1. The molecule has 4 unspecified atom stereocenters. The molecule has 1 aromatic carbocycles. The molecule has 5 N–H and O–H groups in total. The molecule has 40 heavy (non-hydrogen) atoms. The Balaban J connectivity index is 1.25. The molecule has 3 heterocycles. The molecular formula is C27H33N5O8. The van der Waals surface area contributed by atoms with Crippen LogP contribution in [0.5, 0.6) is 0 Å². The lowest BCUT2D eigenvalue weighted by atomic mass is 9.76. The van der Waals surface area contributed by atoms with E-state index in [1.807, 2.05) is 6.07 Å². The van der Waals surface area contributed by atoms with Crippen LogP contribution in [0.2, 0.25) is 0 Å². The lowest BCUT2D eigenvalue weighted by molar-refractivity contribution is -0.145. The molecule has 2 aromatic rings. The van der Waals surface area contributed by atoms with Gasteiger partial charge in [0.15, 0.2) is 0 Å². The van der Waals surface area contributed by atoms with Crippen LogP contribution in [0, 0.1) is 5.92 Å². The van der Waals surface area contributed by atoms with E-state index in [0.717, 1.165) is 5.39 Å². The number of nitrogens with one attached hydrogen (secondary N) is 1. The maximum Gasteiger partial charge on any atom is 0.328 e. The van der Waals surface area contributed by atoms with Crippen LogP contribution in [0.4, 0.5) is 0 Å². The Bertz CT molecular complexity index is 1370. The Hall–Kier alpha value is -3.81. The minimum atomic E-state index is -1.39. The third kappa shape index (κ3) is 5.19. The number of hydrogen-bond acceptors (Lipinski definition) is 10. The van der Waals surface area contributed by atoms with E-state index < -0.39 is 48.2 Å². The maximum atomic E-state index is 13.2. The van der Waals surface area contributed by atoms with Crippen molar-refractivity contribution < 1.29 is 39.2 Å². The quantitative estimate of drug-likeness (QED) is 0.306. The van der Waals surface area contributed by atoms with E-state index in [-0.39, 0.29) is 31.5 Å². The average molecular weight is 556 g/mol. The summed E-state index contributed by atoms with van der Waals surface area (Å²) in [6.45, 7) is 3.62. The fraction of sp³-hybridized carbons (Fsp3) is 0.519. The van der Waals surface area contributed by atoms with E-state index in [4.69, 9.17) is 4.42 Å². The Kier molecular flexibility index (Phi) is 7.62. The summed E-state index contributed by atoms with van der Waals surface area (Å²) < 4.78 is 5.40. The number of carboxylic acid groups (broad SMARTS) is 1. The molecule has 0 fully saturated rings. The summed E-state index contributed by atoms with van der Waals surface area (Å²) in [6, 6.07) is 4.73. The molecule has 5 rings (SSSR count). The average Bonchev–Trinajstić information content (AvgIpc) is 3.53. The maximum absolute atomic E-state index is 13.2. The molecular weight excluding hydrogens is 522 g/mol. The Morgan fingerprint density at radius 1 is 1.23 bits per heavy atom. The number of aliphatic hydroxyl groups is 3. The van der Waals surface area contributed by atoms with Crippen molar-refractivity contribution in [3.8, 4) is 0 Å². The monoisotopic (exact) mass is 555 g/mol. The van der Waals surface area contributed by atoms with Crippen molar-refractivity contribution in [1.29, 1.82) is 0 Å². The van der Waals surface area contributed by atoms with Gasteiger partial charge in [-0.2, -0.15) is 5.11 Å². The van der Waals surface area contributed by atoms with Crippen LogP contribution < -0.4 is 5.32 Å². The molecule has 214 valence electrons. The number of aliphatic hydroxyl groups excluding tert-OH is 3. The number of amides is 2. The summed E-state index contributed by atoms with van der Waals surface area (Å²) in [5.74, 6) is -3.58. The molecule has 0 saturated heterocycles. The summed E-state index contributed by atoms with van der Waals surface area (Å²) in [7, 11) is 0. The van der Waals surface area contributed by atoms with Gasteiger partial charge in [0.05, 0.1) is 43.1 Å². The molecule has 1 aromatic heterocycles. The number of fused-ring (bicyclic) bond motifs is 1. The van der Waals surface area contributed by atoms with E-state index in [2.05, 4.69) is 15.7 Å². The van der Waals surface area contributed by atoms with Crippen molar-refractivity contribution >= 4 is 28.8 Å². The highest BCUT2D eigenvalue weighted by Gasteiger charge is 2.44. The number of carboxylic acids is 1. The molecule has 0 saturated carbocycles. The fourth-order valence-corrected chi connectivity index (χ4v) is 5.79. The molecule has 0 bridgehead atoms. The van der Waals surface area contributed by atoms with Gasteiger partial charge in [-0.05, 0) is 56.0 Å². The van der Waals surface area contributed by atoms with Crippen molar-refractivity contribution in [1.82, 2.24) is 15.2 Å². The highest BCUT2D eigenvalue weighted by Crippen LogP contribution is 2.36. The summed E-state index contributed by atoms with van der Waals surface area (Å²) in [5, 5.41) is 54.2. The molecule has 13 nitrogen and oxygen atoms in total. The normalized spacial score (nSPS) is 28.0. The molecule has 0 spiro atoms. The van der Waals surface area contributed by atoms with Crippen molar-refractivity contribution in [3.05, 3.63) is 47.2 Å². The zero-order valence-electron chi connectivity index (χ0n) is 22.2. The second kappa shape index (κ2) is 11.0. The molecule has 2 aliphatic heterocycles. The first kappa shape index (κ1) is 27.7. The van der Waals surface area contributed by atoms with Crippen LogP contribution >= 0.6 is 0 Å². The van der Waals surface area contributed by atoms with Crippen LogP contribution in [-0.2, 0) is 9.59 Å². The number of aliphatic carboxylic acids is 1. The summed E-state index contributed by atoms with van der Waals surface area (Å²) >= 11 is 0. The summed E-state index contributed by atoms with van der Waals surface area (Å²) in [6.07, 6.45) is -1.44. The first-order chi connectivity index (χ1) is 19.0. The Morgan fingerprint density at radius 2 is 2.00 bits per heavy atom. The van der Waals surface area contributed by atoms with Crippen LogP contribution in [0.1, 0.15) is 37.0 Å². The lowest BCUT2D eigenvalue weighted by Gasteiger charge is -2.40. The zero-order chi connectivity index (χ0) is 28.7. The highest BCUT2D eigenvalue weighted by molar-refractivity contribution is 5.97. The number of rotatable bonds is 7. The smallest absolute Gasteiger partial charge is 0.328 e. The highest BCUT2D eigenvalue weighted by atomic mass is 16.4. The second-order valence-electron chi connectivity index (χ2n) is 10.7. The predicted octanol–water partition coefficient (Wildman–Crippen LogP) is 0.707. The fourth-order valence-electron chi connectivity index (χ4n) is 5.79. The van der Waals surface area contributed by atoms with Gasteiger partial charge in [0.1, 0.15) is 17.7 Å². The van der Waals surface area contributed by atoms with Gasteiger partial charge in [-0.25, -0.2) is 4.79 Å². The largest absolute Gasteiger partial charge is 0.480 e. The van der Waals surface area contributed by atoms with E-state index in [1.165, 1.54) is 5.01 Å². The number of benzene rings is 1. The van der Waals surface area contributed by atoms with Crippen molar-refractivity contribution in [2.24, 2.45) is 16.3 Å². The minimum absolute atomic E-state index is 0.0661. The lowest BCUT2D eigenvalue weighted by Crippen LogP contribution is -2.56. The number of nitrogens with zero attached hydrogens (tertiary/aromatic N) is 4. The minimum Gasteiger partial charge on any atom is -0.480 e. The van der Waals surface area contributed by atoms with Gasteiger partial charge < -0.3 is 35.1 Å². The van der Waals surface area contributed by atoms with Gasteiger partial charge in [-0.1, -0.05) is 11.3 Å². The number of carbonyl (C=O) groups excluding carboxylic acids is 2. The topological polar surface area (TPSA) is 188 Å². The van der Waals surface area contributed by atoms with E-state index >= 15 is 0 Å². The third-order valence-corrected chi connectivity index (χ3v) is 8.09. The molecule has 1 aliphatic carbocycles.